The number of nitrogens with one attached hydrogen (secondary N) is 1. The highest BCUT2D eigenvalue weighted by Crippen LogP contribution is 2.29. The summed E-state index contributed by atoms with van der Waals surface area (Å²) in [4.78, 5) is 2.45. The molecule has 1 N–H and O–H groups in total. The van der Waals surface area contributed by atoms with Crippen molar-refractivity contribution >= 4 is 0 Å². The summed E-state index contributed by atoms with van der Waals surface area (Å²) >= 11 is 0. The van der Waals surface area contributed by atoms with Gasteiger partial charge in [-0.2, -0.15) is 0 Å². The van der Waals surface area contributed by atoms with Gasteiger partial charge in [0.25, 0.3) is 0 Å². The van der Waals surface area contributed by atoms with Crippen LogP contribution in [0.15, 0.2) is 24.3 Å². The fourth-order valence-electron chi connectivity index (χ4n) is 2.46. The van der Waals surface area contributed by atoms with E-state index in [1.807, 2.05) is 0 Å². The minimum atomic E-state index is 0.980. The van der Waals surface area contributed by atoms with Crippen molar-refractivity contribution in [1.29, 1.82) is 0 Å². The van der Waals surface area contributed by atoms with Gasteiger partial charge in [-0.15, -0.1) is 0 Å². The zero-order chi connectivity index (χ0) is 13.5. The first kappa shape index (κ1) is 14.5. The Morgan fingerprint density at radius 2 is 1.79 bits per heavy atom. The Kier molecular flexibility index (Phi) is 5.87. The monoisotopic (exact) mass is 260 g/mol. The topological polar surface area (TPSA) is 15.3 Å². The molecule has 1 aromatic rings. The number of benzene rings is 1. The highest BCUT2D eigenvalue weighted by atomic mass is 15.1. The molecule has 0 spiro atoms. The molecule has 19 heavy (non-hydrogen) atoms. The molecule has 0 heterocycles. The Labute approximate surface area is 118 Å². The van der Waals surface area contributed by atoms with Crippen LogP contribution in [-0.4, -0.2) is 31.6 Å². The van der Waals surface area contributed by atoms with Gasteiger partial charge >= 0.3 is 0 Å². The maximum absolute atomic E-state index is 3.45. The van der Waals surface area contributed by atoms with Gasteiger partial charge in [-0.3, -0.25) is 0 Å². The lowest BCUT2D eigenvalue weighted by Crippen LogP contribution is -2.20. The molecule has 0 bridgehead atoms. The third kappa shape index (κ3) is 5.75. The van der Waals surface area contributed by atoms with Gasteiger partial charge in [-0.1, -0.05) is 31.2 Å². The molecule has 2 heteroatoms. The van der Waals surface area contributed by atoms with E-state index < -0.39 is 0 Å². The molecule has 0 aromatic heterocycles. The quantitative estimate of drug-likeness (QED) is 0.687. The van der Waals surface area contributed by atoms with Gasteiger partial charge in [-0.25, -0.2) is 0 Å². The maximum atomic E-state index is 3.45. The molecule has 1 aromatic carbocycles. The van der Waals surface area contributed by atoms with Crippen LogP contribution in [0, 0.1) is 5.92 Å². The summed E-state index contributed by atoms with van der Waals surface area (Å²) in [6.07, 6.45) is 5.23. The Balaban J connectivity index is 1.70. The van der Waals surface area contributed by atoms with Gasteiger partial charge in [0.2, 0.25) is 0 Å². The lowest BCUT2D eigenvalue weighted by atomic mass is 10.1. The van der Waals surface area contributed by atoms with E-state index in [9.17, 15) is 0 Å². The molecule has 0 atom stereocenters. The second-order valence-corrected chi connectivity index (χ2v) is 5.96. The molecule has 2 nitrogen and oxygen atoms in total. The van der Waals surface area contributed by atoms with E-state index in [2.05, 4.69) is 48.5 Å². The van der Waals surface area contributed by atoms with Crippen molar-refractivity contribution in [2.75, 3.05) is 26.7 Å². The molecular formula is C17H28N2. The summed E-state index contributed by atoms with van der Waals surface area (Å²) in [5.41, 5.74) is 2.88. The molecule has 0 radical (unpaired) electrons. The van der Waals surface area contributed by atoms with E-state index in [-0.39, 0.29) is 0 Å². The summed E-state index contributed by atoms with van der Waals surface area (Å²) in [6.45, 7) is 6.78. The van der Waals surface area contributed by atoms with Gasteiger partial charge in [0.1, 0.15) is 0 Å². The summed E-state index contributed by atoms with van der Waals surface area (Å²) in [7, 11) is 2.24. The molecule has 1 aliphatic rings. The van der Waals surface area contributed by atoms with E-state index in [4.69, 9.17) is 0 Å². The smallest absolute Gasteiger partial charge is 0.0230 e. The zero-order valence-corrected chi connectivity index (χ0v) is 12.5. The largest absolute Gasteiger partial charge is 0.316 e. The van der Waals surface area contributed by atoms with Gasteiger partial charge in [0.15, 0.2) is 0 Å². The number of hydrogen-bond donors (Lipinski definition) is 1. The van der Waals surface area contributed by atoms with Crippen molar-refractivity contribution in [3.63, 3.8) is 0 Å². The Morgan fingerprint density at radius 3 is 2.42 bits per heavy atom. The minimum absolute atomic E-state index is 0.980. The highest BCUT2D eigenvalue weighted by Gasteiger charge is 2.22. The molecule has 1 aliphatic carbocycles. The average Bonchev–Trinajstić information content (AvgIpc) is 3.20. The van der Waals surface area contributed by atoms with Crippen molar-refractivity contribution in [3.8, 4) is 0 Å². The highest BCUT2D eigenvalue weighted by molar-refractivity contribution is 5.22. The molecule has 2 rings (SSSR count). The van der Waals surface area contributed by atoms with E-state index in [1.165, 1.54) is 36.9 Å². The van der Waals surface area contributed by atoms with Crippen molar-refractivity contribution in [2.24, 2.45) is 5.92 Å². The van der Waals surface area contributed by atoms with Gasteiger partial charge in [-0.05, 0) is 62.9 Å². The van der Waals surface area contributed by atoms with Gasteiger partial charge in [0.05, 0.1) is 0 Å². The van der Waals surface area contributed by atoms with Crippen LogP contribution < -0.4 is 5.32 Å². The Hall–Kier alpha value is -0.860. The Morgan fingerprint density at radius 1 is 1.11 bits per heavy atom. The SMILES string of the molecule is CCCNCCc1ccc(CN(C)CC2CC2)cc1. The minimum Gasteiger partial charge on any atom is -0.316 e. The molecule has 0 saturated heterocycles. The number of nitrogens with zero attached hydrogens (tertiary/aromatic N) is 1. The number of hydrogen-bond acceptors (Lipinski definition) is 2. The molecule has 1 saturated carbocycles. The summed E-state index contributed by atoms with van der Waals surface area (Å²) in [5, 5.41) is 3.45. The van der Waals surface area contributed by atoms with Crippen LogP contribution in [0.25, 0.3) is 0 Å². The second-order valence-electron chi connectivity index (χ2n) is 5.96. The second kappa shape index (κ2) is 7.66. The third-order valence-corrected chi connectivity index (χ3v) is 3.76. The van der Waals surface area contributed by atoms with Crippen molar-refractivity contribution in [1.82, 2.24) is 10.2 Å². The number of rotatable bonds is 9. The lowest BCUT2D eigenvalue weighted by Gasteiger charge is -2.16. The third-order valence-electron chi connectivity index (χ3n) is 3.76. The van der Waals surface area contributed by atoms with Crippen LogP contribution in [0.4, 0.5) is 0 Å². The molecule has 0 unspecified atom stereocenters. The van der Waals surface area contributed by atoms with Gasteiger partial charge in [0, 0.05) is 13.1 Å². The van der Waals surface area contributed by atoms with E-state index >= 15 is 0 Å². The standard InChI is InChI=1S/C17H28N2/c1-3-11-18-12-10-15-4-6-16(7-5-15)13-19(2)14-17-8-9-17/h4-7,17-18H,3,8-14H2,1-2H3. The van der Waals surface area contributed by atoms with Crippen molar-refractivity contribution < 1.29 is 0 Å². The van der Waals surface area contributed by atoms with Crippen LogP contribution in [-0.2, 0) is 13.0 Å². The summed E-state index contributed by atoms with van der Waals surface area (Å²) in [5.74, 6) is 0.980. The molecule has 106 valence electrons. The van der Waals surface area contributed by atoms with Gasteiger partial charge < -0.3 is 10.2 Å². The first-order chi connectivity index (χ1) is 9.28. The summed E-state index contributed by atoms with van der Waals surface area (Å²) < 4.78 is 0. The van der Waals surface area contributed by atoms with Crippen molar-refractivity contribution in [2.45, 2.75) is 39.2 Å². The van der Waals surface area contributed by atoms with Crippen molar-refractivity contribution in [3.05, 3.63) is 35.4 Å². The van der Waals surface area contributed by atoms with Crippen LogP contribution in [0.5, 0.6) is 0 Å². The fourth-order valence-corrected chi connectivity index (χ4v) is 2.46. The fraction of sp³-hybridized carbons (Fsp3) is 0.647. The molecule has 0 aliphatic heterocycles. The van der Waals surface area contributed by atoms with Crippen LogP contribution >= 0.6 is 0 Å². The van der Waals surface area contributed by atoms with E-state index in [1.54, 1.807) is 0 Å². The van der Waals surface area contributed by atoms with Crippen LogP contribution in [0.1, 0.15) is 37.3 Å². The zero-order valence-electron chi connectivity index (χ0n) is 12.5. The van der Waals surface area contributed by atoms with E-state index in [0.29, 0.717) is 0 Å². The average molecular weight is 260 g/mol. The van der Waals surface area contributed by atoms with Crippen LogP contribution in [0.2, 0.25) is 0 Å². The molecular weight excluding hydrogens is 232 g/mol. The lowest BCUT2D eigenvalue weighted by molar-refractivity contribution is 0.313. The molecule has 0 amide bonds. The first-order valence-electron chi connectivity index (χ1n) is 7.75. The maximum Gasteiger partial charge on any atom is 0.0230 e. The predicted octanol–water partition coefficient (Wildman–Crippen LogP) is 3.07. The predicted molar refractivity (Wildman–Crippen MR) is 82.4 cm³/mol. The molecule has 1 fully saturated rings. The first-order valence-corrected chi connectivity index (χ1v) is 7.75. The summed E-state index contributed by atoms with van der Waals surface area (Å²) in [6, 6.07) is 9.15. The Bertz CT molecular complexity index is 354. The van der Waals surface area contributed by atoms with E-state index in [0.717, 1.165) is 32.0 Å². The van der Waals surface area contributed by atoms with Crippen LogP contribution in [0.3, 0.4) is 0 Å². The normalized spacial score (nSPS) is 15.1.